The van der Waals surface area contributed by atoms with Crippen LogP contribution in [0.4, 0.5) is 10.5 Å². The van der Waals surface area contributed by atoms with Crippen molar-refractivity contribution >= 4 is 11.7 Å². The Hall–Kier alpha value is -2.48. The first-order valence-corrected chi connectivity index (χ1v) is 7.92. The van der Waals surface area contributed by atoms with E-state index in [2.05, 4.69) is 31.1 Å². The van der Waals surface area contributed by atoms with Gasteiger partial charge in [0, 0.05) is 12.2 Å². The fourth-order valence-electron chi connectivity index (χ4n) is 2.66. The summed E-state index contributed by atoms with van der Waals surface area (Å²) in [5.41, 5.74) is 1.57. The van der Waals surface area contributed by atoms with Gasteiger partial charge in [-0.15, -0.1) is 5.10 Å². The molecule has 2 amide bonds. The summed E-state index contributed by atoms with van der Waals surface area (Å²) < 4.78 is 1.56. The Bertz CT molecular complexity index is 605. The molecular formula is C15H21N7O. The van der Waals surface area contributed by atoms with Crippen LogP contribution >= 0.6 is 0 Å². The van der Waals surface area contributed by atoms with Crippen molar-refractivity contribution in [2.45, 2.75) is 19.3 Å². The number of amides is 2. The van der Waals surface area contributed by atoms with Crippen LogP contribution in [0.1, 0.15) is 19.3 Å². The molecule has 2 aromatic rings. The van der Waals surface area contributed by atoms with Crippen molar-refractivity contribution in [2.75, 3.05) is 31.5 Å². The number of hydrogen-bond acceptors (Lipinski definition) is 5. The van der Waals surface area contributed by atoms with E-state index in [0.717, 1.165) is 24.3 Å². The third kappa shape index (κ3) is 4.49. The highest BCUT2D eigenvalue weighted by Gasteiger charge is 2.10. The van der Waals surface area contributed by atoms with E-state index in [0.29, 0.717) is 6.54 Å². The minimum Gasteiger partial charge on any atom is -0.338 e. The fourth-order valence-corrected chi connectivity index (χ4v) is 2.66. The molecule has 1 fully saturated rings. The van der Waals surface area contributed by atoms with Gasteiger partial charge < -0.3 is 15.5 Å². The predicted octanol–water partition coefficient (Wildman–Crippen LogP) is 1.27. The van der Waals surface area contributed by atoms with Crippen LogP contribution in [0.15, 0.2) is 30.6 Å². The number of carbonyl (C=O) groups is 1. The lowest BCUT2D eigenvalue weighted by Crippen LogP contribution is -2.31. The zero-order valence-electron chi connectivity index (χ0n) is 13.0. The molecule has 1 aliphatic rings. The molecule has 0 radical (unpaired) electrons. The number of nitrogens with one attached hydrogen (secondary N) is 2. The van der Waals surface area contributed by atoms with Gasteiger partial charge in [-0.05, 0) is 73.6 Å². The Morgan fingerprint density at radius 3 is 2.65 bits per heavy atom. The Morgan fingerprint density at radius 2 is 1.96 bits per heavy atom. The Morgan fingerprint density at radius 1 is 1.17 bits per heavy atom. The van der Waals surface area contributed by atoms with Gasteiger partial charge >= 0.3 is 6.03 Å². The Labute approximate surface area is 134 Å². The molecule has 122 valence electrons. The first-order valence-electron chi connectivity index (χ1n) is 7.92. The van der Waals surface area contributed by atoms with Crippen LogP contribution in [-0.2, 0) is 0 Å². The van der Waals surface area contributed by atoms with Crippen molar-refractivity contribution in [1.82, 2.24) is 30.4 Å². The topological polar surface area (TPSA) is 88.0 Å². The number of nitrogens with zero attached hydrogens (tertiary/aromatic N) is 5. The predicted molar refractivity (Wildman–Crippen MR) is 86.5 cm³/mol. The lowest BCUT2D eigenvalue weighted by atomic mass is 10.3. The third-order valence-electron chi connectivity index (χ3n) is 3.87. The highest BCUT2D eigenvalue weighted by molar-refractivity contribution is 5.89. The minimum absolute atomic E-state index is 0.179. The largest absolute Gasteiger partial charge is 0.338 e. The van der Waals surface area contributed by atoms with Crippen molar-refractivity contribution in [1.29, 1.82) is 0 Å². The van der Waals surface area contributed by atoms with Crippen LogP contribution in [0.5, 0.6) is 0 Å². The highest BCUT2D eigenvalue weighted by Crippen LogP contribution is 2.11. The quantitative estimate of drug-likeness (QED) is 0.784. The van der Waals surface area contributed by atoms with Gasteiger partial charge in [0.25, 0.3) is 0 Å². The zero-order chi connectivity index (χ0) is 15.9. The maximum atomic E-state index is 11.8. The molecule has 0 bridgehead atoms. The van der Waals surface area contributed by atoms with Gasteiger partial charge in [-0.3, -0.25) is 0 Å². The van der Waals surface area contributed by atoms with Gasteiger partial charge in [0.1, 0.15) is 6.33 Å². The number of rotatable bonds is 6. The van der Waals surface area contributed by atoms with Crippen LogP contribution in [0.25, 0.3) is 5.69 Å². The van der Waals surface area contributed by atoms with Crippen LogP contribution < -0.4 is 10.6 Å². The van der Waals surface area contributed by atoms with E-state index in [1.807, 2.05) is 24.3 Å². The lowest BCUT2D eigenvalue weighted by Gasteiger charge is -2.14. The number of hydrogen-bond donors (Lipinski definition) is 2. The molecule has 1 aliphatic heterocycles. The van der Waals surface area contributed by atoms with E-state index >= 15 is 0 Å². The van der Waals surface area contributed by atoms with Gasteiger partial charge in [-0.25, -0.2) is 9.48 Å². The second-order valence-corrected chi connectivity index (χ2v) is 5.58. The monoisotopic (exact) mass is 315 g/mol. The standard InChI is InChI=1S/C15H21N7O/c23-15(16-8-3-11-21-9-1-2-10-21)18-13-4-6-14(7-5-13)22-12-17-19-20-22/h4-7,12H,1-3,8-11H2,(H2,16,18,23). The summed E-state index contributed by atoms with van der Waals surface area (Å²) in [6.07, 6.45) is 5.10. The molecule has 2 N–H and O–H groups in total. The molecule has 8 heteroatoms. The SMILES string of the molecule is O=C(NCCCN1CCCC1)Nc1ccc(-n2cnnn2)cc1. The smallest absolute Gasteiger partial charge is 0.319 e. The summed E-state index contributed by atoms with van der Waals surface area (Å²) >= 11 is 0. The second-order valence-electron chi connectivity index (χ2n) is 5.58. The van der Waals surface area contributed by atoms with Crippen LogP contribution in [-0.4, -0.2) is 57.3 Å². The van der Waals surface area contributed by atoms with Crippen molar-refractivity contribution in [3.63, 3.8) is 0 Å². The van der Waals surface area contributed by atoms with E-state index in [-0.39, 0.29) is 6.03 Å². The maximum Gasteiger partial charge on any atom is 0.319 e. The molecule has 0 atom stereocenters. The minimum atomic E-state index is -0.179. The fraction of sp³-hybridized carbons (Fsp3) is 0.467. The van der Waals surface area contributed by atoms with Crippen LogP contribution in [0.2, 0.25) is 0 Å². The molecule has 1 saturated heterocycles. The van der Waals surface area contributed by atoms with Gasteiger partial charge in [0.2, 0.25) is 0 Å². The van der Waals surface area contributed by atoms with E-state index in [4.69, 9.17) is 0 Å². The van der Waals surface area contributed by atoms with Gasteiger partial charge in [-0.2, -0.15) is 0 Å². The molecule has 8 nitrogen and oxygen atoms in total. The first kappa shape index (κ1) is 15.4. The molecule has 1 aromatic heterocycles. The number of aromatic nitrogens is 4. The summed E-state index contributed by atoms with van der Waals surface area (Å²) in [5.74, 6) is 0. The summed E-state index contributed by atoms with van der Waals surface area (Å²) in [6.45, 7) is 4.13. The van der Waals surface area contributed by atoms with Crippen LogP contribution in [0, 0.1) is 0 Å². The third-order valence-corrected chi connectivity index (χ3v) is 3.87. The summed E-state index contributed by atoms with van der Waals surface area (Å²) in [5, 5.41) is 16.7. The molecule has 0 saturated carbocycles. The average molecular weight is 315 g/mol. The van der Waals surface area contributed by atoms with Gasteiger partial charge in [0.05, 0.1) is 5.69 Å². The molecule has 3 rings (SSSR count). The van der Waals surface area contributed by atoms with E-state index in [9.17, 15) is 4.79 Å². The lowest BCUT2D eigenvalue weighted by molar-refractivity contribution is 0.251. The first-order chi connectivity index (χ1) is 11.3. The molecule has 1 aromatic carbocycles. The van der Waals surface area contributed by atoms with Gasteiger partial charge in [-0.1, -0.05) is 0 Å². The molecule has 0 aliphatic carbocycles. The van der Waals surface area contributed by atoms with E-state index in [1.54, 1.807) is 4.68 Å². The molecular weight excluding hydrogens is 294 g/mol. The summed E-state index contributed by atoms with van der Waals surface area (Å²) in [6, 6.07) is 7.15. The molecule has 23 heavy (non-hydrogen) atoms. The number of carbonyl (C=O) groups excluding carboxylic acids is 1. The van der Waals surface area contributed by atoms with E-state index < -0.39 is 0 Å². The Balaban J connectivity index is 1.39. The van der Waals surface area contributed by atoms with Crippen molar-refractivity contribution in [3.05, 3.63) is 30.6 Å². The number of likely N-dealkylation sites (tertiary alicyclic amines) is 1. The highest BCUT2D eigenvalue weighted by atomic mass is 16.2. The Kier molecular flexibility index (Phi) is 5.15. The van der Waals surface area contributed by atoms with Gasteiger partial charge in [0.15, 0.2) is 0 Å². The summed E-state index contributed by atoms with van der Waals surface area (Å²) in [4.78, 5) is 14.3. The number of urea groups is 1. The zero-order valence-corrected chi connectivity index (χ0v) is 13.0. The second kappa shape index (κ2) is 7.68. The van der Waals surface area contributed by atoms with Crippen molar-refractivity contribution < 1.29 is 4.79 Å². The molecule has 0 spiro atoms. The van der Waals surface area contributed by atoms with Crippen LogP contribution in [0.3, 0.4) is 0 Å². The summed E-state index contributed by atoms with van der Waals surface area (Å²) in [7, 11) is 0. The number of benzene rings is 1. The van der Waals surface area contributed by atoms with Crippen molar-refractivity contribution in [2.24, 2.45) is 0 Å². The maximum absolute atomic E-state index is 11.8. The number of tetrazole rings is 1. The normalized spacial score (nSPS) is 14.8. The average Bonchev–Trinajstić information content (AvgIpc) is 3.26. The number of anilines is 1. The van der Waals surface area contributed by atoms with Crippen molar-refractivity contribution in [3.8, 4) is 5.69 Å². The molecule has 2 heterocycles. The molecule has 0 unspecified atom stereocenters. The van der Waals surface area contributed by atoms with E-state index in [1.165, 1.54) is 32.3 Å².